The van der Waals surface area contributed by atoms with Crippen LogP contribution in [0.1, 0.15) is 17.2 Å². The standard InChI is InChI=1S/C20H18FNO3S/c1-25-18-12-10-16(11-13-18)20(15-6-3-2-4-7-15)22-26(23,24)19-9-5-8-17(21)14-19/h2-14,20,22H,1H3/t20-/m0/s1. The molecule has 0 amide bonds. The van der Waals surface area contributed by atoms with E-state index in [1.54, 1.807) is 31.4 Å². The van der Waals surface area contributed by atoms with Gasteiger partial charge in [0.2, 0.25) is 10.0 Å². The molecule has 0 saturated carbocycles. The van der Waals surface area contributed by atoms with Crippen molar-refractivity contribution in [1.29, 1.82) is 0 Å². The fourth-order valence-electron chi connectivity index (χ4n) is 2.63. The second-order valence-corrected chi connectivity index (χ2v) is 7.41. The summed E-state index contributed by atoms with van der Waals surface area (Å²) >= 11 is 0. The largest absolute Gasteiger partial charge is 0.497 e. The van der Waals surface area contributed by atoms with Gasteiger partial charge in [-0.3, -0.25) is 0 Å². The molecule has 0 heterocycles. The fourth-order valence-corrected chi connectivity index (χ4v) is 3.87. The summed E-state index contributed by atoms with van der Waals surface area (Å²) in [6.45, 7) is 0. The molecular weight excluding hydrogens is 353 g/mol. The average molecular weight is 371 g/mol. The Hall–Kier alpha value is -2.70. The van der Waals surface area contributed by atoms with Crippen molar-refractivity contribution in [2.24, 2.45) is 0 Å². The predicted octanol–water partition coefficient (Wildman–Crippen LogP) is 3.90. The van der Waals surface area contributed by atoms with Crippen LogP contribution in [-0.4, -0.2) is 15.5 Å². The summed E-state index contributed by atoms with van der Waals surface area (Å²) in [6, 6.07) is 20.6. The Bertz CT molecular complexity index is 973. The second-order valence-electron chi connectivity index (χ2n) is 5.70. The summed E-state index contributed by atoms with van der Waals surface area (Å²) in [6.07, 6.45) is 0. The van der Waals surface area contributed by atoms with Crippen LogP contribution in [0.3, 0.4) is 0 Å². The molecule has 0 aliphatic carbocycles. The van der Waals surface area contributed by atoms with E-state index in [0.29, 0.717) is 5.75 Å². The molecule has 3 aromatic carbocycles. The molecule has 0 spiro atoms. The molecule has 1 N–H and O–H groups in total. The van der Waals surface area contributed by atoms with Crippen LogP contribution >= 0.6 is 0 Å². The van der Waals surface area contributed by atoms with Crippen LogP contribution in [0.5, 0.6) is 5.75 Å². The first-order chi connectivity index (χ1) is 12.5. The Labute approximate surface area is 152 Å². The third kappa shape index (κ3) is 4.09. The molecule has 4 nitrogen and oxygen atoms in total. The molecule has 0 bridgehead atoms. The maximum atomic E-state index is 13.5. The molecule has 26 heavy (non-hydrogen) atoms. The van der Waals surface area contributed by atoms with E-state index in [1.807, 2.05) is 30.3 Å². The van der Waals surface area contributed by atoms with E-state index in [2.05, 4.69) is 4.72 Å². The molecular formula is C20H18FNO3S. The van der Waals surface area contributed by atoms with Crippen molar-refractivity contribution >= 4 is 10.0 Å². The minimum Gasteiger partial charge on any atom is -0.497 e. The van der Waals surface area contributed by atoms with Crippen molar-refractivity contribution in [2.45, 2.75) is 10.9 Å². The summed E-state index contributed by atoms with van der Waals surface area (Å²) in [5.41, 5.74) is 1.52. The zero-order valence-electron chi connectivity index (χ0n) is 14.1. The summed E-state index contributed by atoms with van der Waals surface area (Å²) in [7, 11) is -2.35. The molecule has 0 radical (unpaired) electrons. The lowest BCUT2D eigenvalue weighted by molar-refractivity contribution is 0.414. The van der Waals surface area contributed by atoms with E-state index in [1.165, 1.54) is 18.2 Å². The SMILES string of the molecule is COc1ccc([C@@H](NS(=O)(=O)c2cccc(F)c2)c2ccccc2)cc1. The van der Waals surface area contributed by atoms with Gasteiger partial charge >= 0.3 is 0 Å². The van der Waals surface area contributed by atoms with E-state index >= 15 is 0 Å². The van der Waals surface area contributed by atoms with E-state index in [0.717, 1.165) is 17.2 Å². The highest BCUT2D eigenvalue weighted by Gasteiger charge is 2.23. The van der Waals surface area contributed by atoms with E-state index in [-0.39, 0.29) is 4.90 Å². The highest BCUT2D eigenvalue weighted by atomic mass is 32.2. The monoisotopic (exact) mass is 371 g/mol. The first kappa shape index (κ1) is 18.1. The molecule has 0 unspecified atom stereocenters. The third-order valence-corrected chi connectivity index (χ3v) is 5.38. The zero-order chi connectivity index (χ0) is 18.6. The summed E-state index contributed by atoms with van der Waals surface area (Å²) in [4.78, 5) is -0.119. The van der Waals surface area contributed by atoms with Crippen molar-refractivity contribution in [1.82, 2.24) is 4.72 Å². The van der Waals surface area contributed by atoms with E-state index in [4.69, 9.17) is 4.74 Å². The summed E-state index contributed by atoms with van der Waals surface area (Å²) < 4.78 is 46.8. The number of halogens is 1. The number of hydrogen-bond donors (Lipinski definition) is 1. The van der Waals surface area contributed by atoms with Gasteiger partial charge in [0, 0.05) is 0 Å². The number of benzene rings is 3. The van der Waals surface area contributed by atoms with Crippen LogP contribution in [0.15, 0.2) is 83.8 Å². The Morgan fingerprint density at radius 2 is 1.54 bits per heavy atom. The average Bonchev–Trinajstić information content (AvgIpc) is 2.67. The Balaban J connectivity index is 2.01. The van der Waals surface area contributed by atoms with Crippen LogP contribution in [0.25, 0.3) is 0 Å². The Morgan fingerprint density at radius 1 is 0.885 bits per heavy atom. The van der Waals surface area contributed by atoms with Gasteiger partial charge in [0.15, 0.2) is 0 Å². The minimum absolute atomic E-state index is 0.119. The van der Waals surface area contributed by atoms with Crippen molar-refractivity contribution in [3.8, 4) is 5.75 Å². The predicted molar refractivity (Wildman–Crippen MR) is 98.0 cm³/mol. The molecule has 0 fully saturated rings. The van der Waals surface area contributed by atoms with E-state index < -0.39 is 21.9 Å². The molecule has 6 heteroatoms. The van der Waals surface area contributed by atoms with Gasteiger partial charge in [-0.05, 0) is 41.5 Å². The van der Waals surface area contributed by atoms with Gasteiger partial charge in [-0.1, -0.05) is 48.5 Å². The lowest BCUT2D eigenvalue weighted by Gasteiger charge is -2.20. The quantitative estimate of drug-likeness (QED) is 0.715. The number of sulfonamides is 1. The van der Waals surface area contributed by atoms with Crippen molar-refractivity contribution in [3.05, 3.63) is 95.8 Å². The normalized spacial score (nSPS) is 12.5. The van der Waals surface area contributed by atoms with Gasteiger partial charge in [0.1, 0.15) is 11.6 Å². The van der Waals surface area contributed by atoms with Crippen molar-refractivity contribution < 1.29 is 17.5 Å². The fraction of sp³-hybridized carbons (Fsp3) is 0.100. The molecule has 3 aromatic rings. The Kier molecular flexibility index (Phi) is 5.35. The number of ether oxygens (including phenoxy) is 1. The highest BCUT2D eigenvalue weighted by molar-refractivity contribution is 7.89. The smallest absolute Gasteiger partial charge is 0.241 e. The van der Waals surface area contributed by atoms with Gasteiger partial charge in [-0.15, -0.1) is 0 Å². The highest BCUT2D eigenvalue weighted by Crippen LogP contribution is 2.26. The van der Waals surface area contributed by atoms with Crippen molar-refractivity contribution in [3.63, 3.8) is 0 Å². The molecule has 3 rings (SSSR count). The molecule has 0 aliphatic heterocycles. The summed E-state index contributed by atoms with van der Waals surface area (Å²) in [5, 5.41) is 0. The second kappa shape index (κ2) is 7.68. The van der Waals surface area contributed by atoms with Crippen LogP contribution in [0.4, 0.5) is 4.39 Å². The Morgan fingerprint density at radius 3 is 2.15 bits per heavy atom. The minimum atomic E-state index is -3.92. The first-order valence-corrected chi connectivity index (χ1v) is 9.45. The topological polar surface area (TPSA) is 55.4 Å². The molecule has 134 valence electrons. The lowest BCUT2D eigenvalue weighted by Crippen LogP contribution is -2.29. The van der Waals surface area contributed by atoms with Crippen LogP contribution in [-0.2, 0) is 10.0 Å². The van der Waals surface area contributed by atoms with Gasteiger partial charge < -0.3 is 4.74 Å². The van der Waals surface area contributed by atoms with Gasteiger partial charge in [0.25, 0.3) is 0 Å². The molecule has 0 saturated heterocycles. The zero-order valence-corrected chi connectivity index (χ0v) is 14.9. The maximum Gasteiger partial charge on any atom is 0.241 e. The van der Waals surface area contributed by atoms with E-state index in [9.17, 15) is 12.8 Å². The van der Waals surface area contributed by atoms with Crippen LogP contribution < -0.4 is 9.46 Å². The first-order valence-electron chi connectivity index (χ1n) is 7.96. The van der Waals surface area contributed by atoms with Crippen LogP contribution in [0.2, 0.25) is 0 Å². The maximum absolute atomic E-state index is 13.5. The molecule has 1 atom stereocenters. The van der Waals surface area contributed by atoms with Crippen molar-refractivity contribution in [2.75, 3.05) is 7.11 Å². The van der Waals surface area contributed by atoms with Gasteiger partial charge in [-0.2, -0.15) is 4.72 Å². The number of hydrogen-bond acceptors (Lipinski definition) is 3. The lowest BCUT2D eigenvalue weighted by atomic mass is 10.00. The van der Waals surface area contributed by atoms with Gasteiger partial charge in [-0.25, -0.2) is 12.8 Å². The molecule has 0 aromatic heterocycles. The number of rotatable bonds is 6. The van der Waals surface area contributed by atoms with Gasteiger partial charge in [0.05, 0.1) is 18.0 Å². The third-order valence-electron chi connectivity index (χ3n) is 3.96. The molecule has 0 aliphatic rings. The number of methoxy groups -OCH3 is 1. The van der Waals surface area contributed by atoms with Crippen LogP contribution in [0, 0.1) is 5.82 Å². The summed E-state index contributed by atoms with van der Waals surface area (Å²) in [5.74, 6) is 0.0714. The number of nitrogens with one attached hydrogen (secondary N) is 1.